The van der Waals surface area contributed by atoms with Gasteiger partial charge in [0.25, 0.3) is 0 Å². The molecule has 1 fully saturated rings. The Kier molecular flexibility index (Phi) is 4.11. The first-order valence-corrected chi connectivity index (χ1v) is 5.66. The fraction of sp³-hybridized carbons (Fsp3) is 0.545. The number of rotatable bonds is 4. The monoisotopic (exact) mass is 233 g/mol. The zero-order chi connectivity index (χ0) is 11.9. The molecule has 0 aliphatic carbocycles. The molecule has 0 saturated carbocycles. The van der Waals surface area contributed by atoms with Crippen molar-refractivity contribution in [2.75, 3.05) is 43.1 Å². The van der Waals surface area contributed by atoms with E-state index < -0.39 is 0 Å². The summed E-state index contributed by atoms with van der Waals surface area (Å²) in [6.07, 6.45) is 2.01. The van der Waals surface area contributed by atoms with Crippen molar-refractivity contribution >= 4 is 11.6 Å². The van der Waals surface area contributed by atoms with Crippen LogP contribution < -0.4 is 10.2 Å². The molecule has 1 aromatic rings. The van der Waals surface area contributed by atoms with E-state index in [9.17, 15) is 0 Å². The highest BCUT2D eigenvalue weighted by Gasteiger charge is 2.12. The Morgan fingerprint density at radius 3 is 3.00 bits per heavy atom. The third-order valence-corrected chi connectivity index (χ3v) is 2.53. The van der Waals surface area contributed by atoms with E-state index in [1.54, 1.807) is 6.33 Å². The zero-order valence-corrected chi connectivity index (χ0v) is 9.59. The first-order chi connectivity index (χ1) is 8.40. The Balaban J connectivity index is 1.98. The lowest BCUT2D eigenvalue weighted by atomic mass is 10.4. The molecule has 0 aromatic carbocycles. The highest BCUT2D eigenvalue weighted by molar-refractivity contribution is 5.48. The minimum atomic E-state index is 0.469. The molecular weight excluding hydrogens is 218 g/mol. The fourth-order valence-corrected chi connectivity index (χ4v) is 1.66. The number of morpholine rings is 1. The van der Waals surface area contributed by atoms with Gasteiger partial charge in [-0.05, 0) is 0 Å². The van der Waals surface area contributed by atoms with Crippen LogP contribution in [0, 0.1) is 11.3 Å². The molecule has 0 bridgehead atoms. The Bertz CT molecular complexity index is 397. The van der Waals surface area contributed by atoms with Gasteiger partial charge in [0, 0.05) is 25.7 Å². The maximum absolute atomic E-state index is 8.46. The summed E-state index contributed by atoms with van der Waals surface area (Å²) < 4.78 is 5.29. The van der Waals surface area contributed by atoms with E-state index in [0.717, 1.165) is 37.9 Å². The third kappa shape index (κ3) is 3.29. The van der Waals surface area contributed by atoms with Crippen LogP contribution in [-0.4, -0.2) is 42.8 Å². The summed E-state index contributed by atoms with van der Waals surface area (Å²) in [6.45, 7) is 3.79. The van der Waals surface area contributed by atoms with Crippen molar-refractivity contribution in [3.8, 4) is 6.07 Å². The van der Waals surface area contributed by atoms with Gasteiger partial charge in [0.05, 0.1) is 25.7 Å². The molecule has 90 valence electrons. The van der Waals surface area contributed by atoms with Gasteiger partial charge in [0.1, 0.15) is 18.0 Å². The van der Waals surface area contributed by atoms with E-state index in [4.69, 9.17) is 10.00 Å². The lowest BCUT2D eigenvalue weighted by Gasteiger charge is -2.27. The predicted molar refractivity (Wildman–Crippen MR) is 63.8 cm³/mol. The molecule has 1 aliphatic heterocycles. The Morgan fingerprint density at radius 1 is 1.41 bits per heavy atom. The van der Waals surface area contributed by atoms with Gasteiger partial charge in [-0.3, -0.25) is 0 Å². The molecule has 0 unspecified atom stereocenters. The molecule has 0 spiro atoms. The van der Waals surface area contributed by atoms with Crippen molar-refractivity contribution < 1.29 is 4.74 Å². The second-order valence-corrected chi connectivity index (χ2v) is 3.70. The molecular formula is C11H15N5O. The molecule has 1 saturated heterocycles. The summed E-state index contributed by atoms with van der Waals surface area (Å²) in [5.74, 6) is 1.67. The predicted octanol–water partition coefficient (Wildman–Crippen LogP) is 0.639. The van der Waals surface area contributed by atoms with Crippen LogP contribution in [0.4, 0.5) is 11.6 Å². The molecule has 6 nitrogen and oxygen atoms in total. The molecule has 1 aliphatic rings. The number of nitrogens with zero attached hydrogens (tertiary/aromatic N) is 4. The normalized spacial score (nSPS) is 15.4. The van der Waals surface area contributed by atoms with Gasteiger partial charge in [-0.1, -0.05) is 0 Å². The maximum atomic E-state index is 8.46. The van der Waals surface area contributed by atoms with Gasteiger partial charge >= 0.3 is 0 Å². The molecule has 2 rings (SSSR count). The highest BCUT2D eigenvalue weighted by Crippen LogP contribution is 2.15. The summed E-state index contributed by atoms with van der Waals surface area (Å²) in [5, 5.41) is 11.6. The first kappa shape index (κ1) is 11.6. The maximum Gasteiger partial charge on any atom is 0.134 e. The fourth-order valence-electron chi connectivity index (χ4n) is 1.66. The van der Waals surface area contributed by atoms with Crippen LogP contribution in [0.1, 0.15) is 6.42 Å². The number of nitrogens with one attached hydrogen (secondary N) is 1. The Labute approximate surface area is 100 Å². The van der Waals surface area contributed by atoms with E-state index >= 15 is 0 Å². The average Bonchev–Trinajstić information content (AvgIpc) is 2.41. The summed E-state index contributed by atoms with van der Waals surface area (Å²) in [5.41, 5.74) is 0. The van der Waals surface area contributed by atoms with Crippen molar-refractivity contribution in [1.29, 1.82) is 5.26 Å². The summed E-state index contributed by atoms with van der Waals surface area (Å²) in [4.78, 5) is 10.5. The summed E-state index contributed by atoms with van der Waals surface area (Å²) in [7, 11) is 0. The van der Waals surface area contributed by atoms with E-state index in [-0.39, 0.29) is 0 Å². The van der Waals surface area contributed by atoms with E-state index in [1.807, 2.05) is 6.07 Å². The zero-order valence-electron chi connectivity index (χ0n) is 9.59. The van der Waals surface area contributed by atoms with Crippen molar-refractivity contribution in [1.82, 2.24) is 9.97 Å². The lowest BCUT2D eigenvalue weighted by molar-refractivity contribution is 0.122. The molecule has 1 aromatic heterocycles. The number of nitriles is 1. The van der Waals surface area contributed by atoms with Crippen molar-refractivity contribution in [2.24, 2.45) is 0 Å². The van der Waals surface area contributed by atoms with E-state index in [2.05, 4.69) is 26.3 Å². The van der Waals surface area contributed by atoms with E-state index in [0.29, 0.717) is 13.0 Å². The average molecular weight is 233 g/mol. The summed E-state index contributed by atoms with van der Waals surface area (Å²) >= 11 is 0. The molecule has 17 heavy (non-hydrogen) atoms. The van der Waals surface area contributed by atoms with Gasteiger partial charge in [0.15, 0.2) is 0 Å². The number of aromatic nitrogens is 2. The number of hydrogen-bond acceptors (Lipinski definition) is 6. The van der Waals surface area contributed by atoms with Crippen LogP contribution in [-0.2, 0) is 4.74 Å². The Hall–Kier alpha value is -1.87. The standard InChI is InChI=1S/C11H15N5O/c12-2-1-3-13-10-8-11(15-9-14-10)16-4-6-17-7-5-16/h8-9H,1,3-7H2,(H,13,14,15). The molecule has 0 radical (unpaired) electrons. The highest BCUT2D eigenvalue weighted by atomic mass is 16.5. The van der Waals surface area contributed by atoms with Gasteiger partial charge in [0.2, 0.25) is 0 Å². The van der Waals surface area contributed by atoms with Crippen LogP contribution >= 0.6 is 0 Å². The van der Waals surface area contributed by atoms with Crippen LogP contribution in [0.15, 0.2) is 12.4 Å². The Morgan fingerprint density at radius 2 is 2.24 bits per heavy atom. The third-order valence-electron chi connectivity index (χ3n) is 2.53. The van der Waals surface area contributed by atoms with Crippen molar-refractivity contribution in [3.05, 3.63) is 12.4 Å². The van der Waals surface area contributed by atoms with E-state index in [1.165, 1.54) is 0 Å². The number of ether oxygens (including phenoxy) is 1. The molecule has 2 heterocycles. The molecule has 1 N–H and O–H groups in total. The van der Waals surface area contributed by atoms with Gasteiger partial charge in [-0.2, -0.15) is 5.26 Å². The second kappa shape index (κ2) is 6.01. The van der Waals surface area contributed by atoms with Gasteiger partial charge in [-0.15, -0.1) is 0 Å². The smallest absolute Gasteiger partial charge is 0.134 e. The minimum Gasteiger partial charge on any atom is -0.378 e. The number of hydrogen-bond donors (Lipinski definition) is 1. The molecule has 0 amide bonds. The van der Waals surface area contributed by atoms with Crippen molar-refractivity contribution in [3.63, 3.8) is 0 Å². The lowest BCUT2D eigenvalue weighted by Crippen LogP contribution is -2.36. The van der Waals surface area contributed by atoms with Crippen molar-refractivity contribution in [2.45, 2.75) is 6.42 Å². The molecule has 6 heteroatoms. The SMILES string of the molecule is N#CCCNc1cc(N2CCOCC2)ncn1. The number of anilines is 2. The summed E-state index contributed by atoms with van der Waals surface area (Å²) in [6, 6.07) is 3.99. The quantitative estimate of drug-likeness (QED) is 0.769. The topological polar surface area (TPSA) is 74.1 Å². The van der Waals surface area contributed by atoms with Gasteiger partial charge < -0.3 is 15.0 Å². The van der Waals surface area contributed by atoms with Crippen LogP contribution in [0.3, 0.4) is 0 Å². The van der Waals surface area contributed by atoms with Gasteiger partial charge in [-0.25, -0.2) is 9.97 Å². The van der Waals surface area contributed by atoms with Crippen LogP contribution in [0.2, 0.25) is 0 Å². The molecule has 0 atom stereocenters. The largest absolute Gasteiger partial charge is 0.378 e. The minimum absolute atomic E-state index is 0.469. The second-order valence-electron chi connectivity index (χ2n) is 3.70. The van der Waals surface area contributed by atoms with Crippen LogP contribution in [0.5, 0.6) is 0 Å². The van der Waals surface area contributed by atoms with Crippen LogP contribution in [0.25, 0.3) is 0 Å². The first-order valence-electron chi connectivity index (χ1n) is 5.66.